The number of amides is 1. The molecule has 4 aromatic rings. The third-order valence-corrected chi connectivity index (χ3v) is 9.92. The minimum Gasteiger partial charge on any atom is -0.324 e. The second-order valence-corrected chi connectivity index (χ2v) is 11.7. The number of hydrogen-bond acceptors (Lipinski definition) is 4. The average Bonchev–Trinajstić information content (AvgIpc) is 3.64. The molecule has 186 valence electrons. The van der Waals surface area contributed by atoms with E-state index >= 15 is 4.79 Å². The lowest BCUT2D eigenvalue weighted by molar-refractivity contribution is -0.128. The summed E-state index contributed by atoms with van der Waals surface area (Å²) in [4.78, 5) is 46.5. The molecular formula is C32H23BrN2O3. The zero-order valence-electron chi connectivity index (χ0n) is 20.4. The molecular weight excluding hydrogens is 540 g/mol. The number of hydrogen-bond donors (Lipinski definition) is 1. The molecule has 1 aliphatic carbocycles. The maximum Gasteiger partial charge on any atom is 0.251 e. The summed E-state index contributed by atoms with van der Waals surface area (Å²) >= 11 is 3.48. The van der Waals surface area contributed by atoms with Crippen molar-refractivity contribution in [1.29, 1.82) is 0 Å². The summed E-state index contributed by atoms with van der Waals surface area (Å²) in [6, 6.07) is 26.5. The lowest BCUT2D eigenvalue weighted by Gasteiger charge is -2.44. The fourth-order valence-electron chi connectivity index (χ4n) is 8.24. The van der Waals surface area contributed by atoms with Crippen molar-refractivity contribution in [3.63, 3.8) is 0 Å². The first-order valence-electron chi connectivity index (χ1n) is 13.1. The minimum absolute atomic E-state index is 0.0818. The van der Waals surface area contributed by atoms with Gasteiger partial charge in [-0.25, -0.2) is 0 Å². The third-order valence-electron chi connectivity index (χ3n) is 9.39. The van der Waals surface area contributed by atoms with Crippen LogP contribution in [0.4, 0.5) is 5.69 Å². The number of carbonyl (C=O) groups is 3. The quantitative estimate of drug-likeness (QED) is 0.311. The van der Waals surface area contributed by atoms with Gasteiger partial charge in [0.05, 0.1) is 5.92 Å². The highest BCUT2D eigenvalue weighted by Gasteiger charge is 2.80. The summed E-state index contributed by atoms with van der Waals surface area (Å²) in [5.41, 5.74) is 0.768. The number of fused-ring (bicyclic) bond motifs is 6. The van der Waals surface area contributed by atoms with Gasteiger partial charge in [0.25, 0.3) is 5.91 Å². The fourth-order valence-corrected chi connectivity index (χ4v) is 8.51. The molecule has 6 heteroatoms. The number of anilines is 1. The normalized spacial score (nSPS) is 28.9. The van der Waals surface area contributed by atoms with Crippen LogP contribution in [0.25, 0.3) is 10.8 Å². The van der Waals surface area contributed by atoms with Gasteiger partial charge in [0.1, 0.15) is 11.0 Å². The van der Waals surface area contributed by atoms with E-state index in [0.29, 0.717) is 17.7 Å². The van der Waals surface area contributed by atoms with E-state index in [4.69, 9.17) is 0 Å². The number of nitrogens with one attached hydrogen (secondary N) is 1. The largest absolute Gasteiger partial charge is 0.324 e. The fraction of sp³-hybridized carbons (Fsp3) is 0.219. The first-order valence-corrected chi connectivity index (χ1v) is 13.8. The van der Waals surface area contributed by atoms with Crippen molar-refractivity contribution in [2.24, 2.45) is 5.92 Å². The molecule has 2 fully saturated rings. The minimum atomic E-state index is -1.39. The molecule has 0 bridgehead atoms. The van der Waals surface area contributed by atoms with Crippen LogP contribution in [-0.4, -0.2) is 35.0 Å². The van der Waals surface area contributed by atoms with E-state index in [1.165, 1.54) is 0 Å². The van der Waals surface area contributed by atoms with Crippen molar-refractivity contribution < 1.29 is 14.4 Å². The van der Waals surface area contributed by atoms with E-state index in [2.05, 4.69) is 26.1 Å². The first-order chi connectivity index (χ1) is 18.5. The van der Waals surface area contributed by atoms with Gasteiger partial charge in [-0.2, -0.15) is 0 Å². The van der Waals surface area contributed by atoms with Crippen LogP contribution >= 0.6 is 15.9 Å². The van der Waals surface area contributed by atoms with Crippen LogP contribution in [0.1, 0.15) is 44.7 Å². The predicted octanol–water partition coefficient (Wildman–Crippen LogP) is 5.86. The van der Waals surface area contributed by atoms with E-state index in [0.717, 1.165) is 44.9 Å². The van der Waals surface area contributed by atoms with Crippen molar-refractivity contribution in [3.05, 3.63) is 112 Å². The van der Waals surface area contributed by atoms with Gasteiger partial charge >= 0.3 is 0 Å². The number of ketones is 2. The molecule has 3 heterocycles. The van der Waals surface area contributed by atoms with E-state index in [9.17, 15) is 9.59 Å². The highest BCUT2D eigenvalue weighted by atomic mass is 79.9. The maximum atomic E-state index is 15.1. The number of Topliss-reactive ketones (excluding diaryl/α,β-unsaturated/α-hetero) is 2. The van der Waals surface area contributed by atoms with Crippen molar-refractivity contribution in [1.82, 2.24) is 4.90 Å². The number of nitrogens with zero attached hydrogens (tertiary/aromatic N) is 1. The Kier molecular flexibility index (Phi) is 4.41. The van der Waals surface area contributed by atoms with Crippen LogP contribution in [0.5, 0.6) is 0 Å². The van der Waals surface area contributed by atoms with E-state index in [1.807, 2.05) is 84.9 Å². The number of para-hydroxylation sites is 1. The zero-order valence-corrected chi connectivity index (χ0v) is 22.0. The SMILES string of the molecule is O=C(c1ccc(Br)cc1)[C@H]1C2CCCN2[C@@]2(C(=O)Nc3ccccc32)[C@]12C(=O)c1cccc3cccc2c13. The molecule has 2 saturated heterocycles. The lowest BCUT2D eigenvalue weighted by atomic mass is 9.56. The number of benzene rings is 4. The summed E-state index contributed by atoms with van der Waals surface area (Å²) in [6.45, 7) is 0.651. The molecule has 4 aromatic carbocycles. The summed E-state index contributed by atoms with van der Waals surface area (Å²) < 4.78 is 0.882. The maximum absolute atomic E-state index is 15.1. The average molecular weight is 563 g/mol. The zero-order chi connectivity index (χ0) is 25.8. The Morgan fingerprint density at radius 1 is 0.895 bits per heavy atom. The Bertz CT molecular complexity index is 1730. The molecule has 4 aliphatic rings. The van der Waals surface area contributed by atoms with Crippen molar-refractivity contribution in [3.8, 4) is 0 Å². The second-order valence-electron chi connectivity index (χ2n) is 10.8. The van der Waals surface area contributed by atoms with E-state index in [-0.39, 0.29) is 23.5 Å². The Balaban J connectivity index is 1.52. The second kappa shape index (κ2) is 7.49. The Morgan fingerprint density at radius 3 is 2.45 bits per heavy atom. The van der Waals surface area contributed by atoms with Crippen molar-refractivity contribution in [2.45, 2.75) is 29.8 Å². The Hall–Kier alpha value is -3.61. The molecule has 0 saturated carbocycles. The topological polar surface area (TPSA) is 66.5 Å². The smallest absolute Gasteiger partial charge is 0.251 e. The lowest BCUT2D eigenvalue weighted by Crippen LogP contribution is -2.62. The summed E-state index contributed by atoms with van der Waals surface area (Å²) in [6.07, 6.45) is 1.62. The molecule has 2 spiro atoms. The molecule has 0 radical (unpaired) electrons. The standard InChI is InChI=1S/C32H23BrN2O3/c33-20-15-13-19(14-16-20)28(36)27-25-12-5-17-35(25)32(22-9-1-2-11-24(22)34-30(32)38)31(27)23-10-4-7-18-6-3-8-21(26(18)23)29(31)37/h1-4,6-11,13-16,25,27H,5,12,17H2,(H,34,38)/t25?,27-,31+,32+/m1/s1. The Labute approximate surface area is 228 Å². The molecule has 1 unspecified atom stereocenters. The van der Waals surface area contributed by atoms with Gasteiger partial charge in [-0.1, -0.05) is 82.7 Å². The van der Waals surface area contributed by atoms with Gasteiger partial charge in [0.2, 0.25) is 0 Å². The van der Waals surface area contributed by atoms with Crippen LogP contribution in [0.15, 0.2) is 89.4 Å². The highest BCUT2D eigenvalue weighted by molar-refractivity contribution is 9.10. The molecule has 0 aromatic heterocycles. The molecule has 5 nitrogen and oxygen atoms in total. The van der Waals surface area contributed by atoms with Gasteiger partial charge in [0.15, 0.2) is 11.6 Å². The summed E-state index contributed by atoms with van der Waals surface area (Å²) in [5.74, 6) is -1.13. The molecule has 38 heavy (non-hydrogen) atoms. The van der Waals surface area contributed by atoms with Crippen LogP contribution in [0.3, 0.4) is 0 Å². The van der Waals surface area contributed by atoms with Crippen LogP contribution in [0.2, 0.25) is 0 Å². The van der Waals surface area contributed by atoms with E-state index < -0.39 is 16.9 Å². The van der Waals surface area contributed by atoms with Crippen molar-refractivity contribution >= 4 is 49.9 Å². The molecule has 8 rings (SSSR count). The van der Waals surface area contributed by atoms with E-state index in [1.54, 1.807) is 0 Å². The predicted molar refractivity (Wildman–Crippen MR) is 148 cm³/mol. The van der Waals surface area contributed by atoms with Crippen LogP contribution < -0.4 is 5.32 Å². The van der Waals surface area contributed by atoms with Gasteiger partial charge in [-0.05, 0) is 53.9 Å². The summed E-state index contributed by atoms with van der Waals surface area (Å²) in [5, 5.41) is 4.95. The summed E-state index contributed by atoms with van der Waals surface area (Å²) in [7, 11) is 0. The molecule has 4 atom stereocenters. The number of rotatable bonds is 2. The Morgan fingerprint density at radius 2 is 1.63 bits per heavy atom. The van der Waals surface area contributed by atoms with Gasteiger partial charge in [0, 0.05) is 32.9 Å². The van der Waals surface area contributed by atoms with Crippen LogP contribution in [0, 0.1) is 5.92 Å². The molecule has 3 aliphatic heterocycles. The van der Waals surface area contributed by atoms with Gasteiger partial charge in [-0.3, -0.25) is 19.3 Å². The van der Waals surface area contributed by atoms with Gasteiger partial charge in [-0.15, -0.1) is 0 Å². The number of halogens is 1. The molecule has 1 N–H and O–H groups in total. The molecule has 1 amide bonds. The monoisotopic (exact) mass is 562 g/mol. The third kappa shape index (κ3) is 2.36. The van der Waals surface area contributed by atoms with Gasteiger partial charge < -0.3 is 5.32 Å². The van der Waals surface area contributed by atoms with Crippen LogP contribution in [-0.2, 0) is 15.7 Å². The van der Waals surface area contributed by atoms with Crippen molar-refractivity contribution in [2.75, 3.05) is 11.9 Å². The highest BCUT2D eigenvalue weighted by Crippen LogP contribution is 2.68. The first kappa shape index (κ1) is 22.4. The number of carbonyl (C=O) groups excluding carboxylic acids is 3.